The van der Waals surface area contributed by atoms with E-state index in [2.05, 4.69) is 21.8 Å². The predicted octanol–water partition coefficient (Wildman–Crippen LogP) is 7.29. The first kappa shape index (κ1) is 25.5. The van der Waals surface area contributed by atoms with Crippen LogP contribution in [0.5, 0.6) is 11.5 Å². The smallest absolute Gasteiger partial charge is 0.257 e. The average molecular weight is 531 g/mol. The Balaban J connectivity index is 1.72. The second kappa shape index (κ2) is 10.3. The van der Waals surface area contributed by atoms with Crippen molar-refractivity contribution in [3.63, 3.8) is 0 Å². The first-order chi connectivity index (χ1) is 18.2. The number of benzene rings is 3. The Morgan fingerprint density at radius 1 is 1.03 bits per heavy atom. The van der Waals surface area contributed by atoms with Gasteiger partial charge in [0.25, 0.3) is 5.89 Å². The SMILES string of the molecule is CCSNc1ccc(Oc2c(C)cc(F)cc2C)c(-n2cc(C)c(=O)c3cc(-c4nc(C)no4)ccc32)c1. The molecule has 2 aromatic heterocycles. The molecule has 3 aromatic carbocycles. The zero-order valence-electron chi connectivity index (χ0n) is 21.8. The molecule has 0 saturated carbocycles. The highest BCUT2D eigenvalue weighted by Crippen LogP contribution is 2.36. The highest BCUT2D eigenvalue weighted by molar-refractivity contribution is 8.00. The summed E-state index contributed by atoms with van der Waals surface area (Å²) in [4.78, 5) is 17.5. The lowest BCUT2D eigenvalue weighted by atomic mass is 10.1. The maximum atomic E-state index is 14.0. The molecule has 0 atom stereocenters. The summed E-state index contributed by atoms with van der Waals surface area (Å²) < 4.78 is 31.0. The molecule has 9 heteroatoms. The largest absolute Gasteiger partial charge is 0.455 e. The third kappa shape index (κ3) is 4.89. The minimum atomic E-state index is -0.307. The van der Waals surface area contributed by atoms with Crippen molar-refractivity contribution >= 4 is 28.5 Å². The Morgan fingerprint density at radius 2 is 1.79 bits per heavy atom. The number of aryl methyl sites for hydroxylation is 4. The van der Waals surface area contributed by atoms with Crippen LogP contribution < -0.4 is 14.9 Å². The van der Waals surface area contributed by atoms with Crippen molar-refractivity contribution in [2.75, 3.05) is 10.5 Å². The van der Waals surface area contributed by atoms with Gasteiger partial charge in [0.1, 0.15) is 11.6 Å². The molecule has 0 bridgehead atoms. The van der Waals surface area contributed by atoms with E-state index in [9.17, 15) is 9.18 Å². The molecule has 0 aliphatic carbocycles. The Bertz CT molecular complexity index is 1700. The number of ether oxygens (including phenoxy) is 1. The van der Waals surface area contributed by atoms with E-state index in [-0.39, 0.29) is 11.2 Å². The molecular weight excluding hydrogens is 503 g/mol. The minimum Gasteiger partial charge on any atom is -0.455 e. The topological polar surface area (TPSA) is 82.2 Å². The van der Waals surface area contributed by atoms with E-state index in [1.165, 1.54) is 12.1 Å². The molecule has 0 radical (unpaired) electrons. The number of fused-ring (bicyclic) bond motifs is 1. The Kier molecular flexibility index (Phi) is 6.94. The third-order valence-corrected chi connectivity index (χ3v) is 6.81. The van der Waals surface area contributed by atoms with Gasteiger partial charge in [0.2, 0.25) is 0 Å². The molecule has 0 aliphatic rings. The van der Waals surface area contributed by atoms with Gasteiger partial charge in [0.05, 0.1) is 11.2 Å². The maximum Gasteiger partial charge on any atom is 0.257 e. The van der Waals surface area contributed by atoms with Crippen LogP contribution in [0.3, 0.4) is 0 Å². The molecule has 0 spiro atoms. The van der Waals surface area contributed by atoms with E-state index in [4.69, 9.17) is 9.26 Å². The zero-order chi connectivity index (χ0) is 27.0. The van der Waals surface area contributed by atoms with Crippen molar-refractivity contribution in [3.8, 4) is 28.6 Å². The number of pyridine rings is 1. The van der Waals surface area contributed by atoms with E-state index in [1.54, 1.807) is 31.9 Å². The van der Waals surface area contributed by atoms with Crippen LogP contribution in [0, 0.1) is 33.5 Å². The van der Waals surface area contributed by atoms with E-state index in [1.807, 2.05) is 54.9 Å². The Labute approximate surface area is 223 Å². The minimum absolute atomic E-state index is 0.0853. The molecule has 5 aromatic rings. The summed E-state index contributed by atoms with van der Waals surface area (Å²) in [5.41, 5.74) is 4.83. The molecule has 194 valence electrons. The van der Waals surface area contributed by atoms with E-state index < -0.39 is 0 Å². The number of halogens is 1. The molecule has 1 N–H and O–H groups in total. The summed E-state index contributed by atoms with van der Waals surface area (Å²) in [5.74, 6) is 2.61. The van der Waals surface area contributed by atoms with Crippen LogP contribution in [0.25, 0.3) is 28.0 Å². The van der Waals surface area contributed by atoms with E-state index in [0.29, 0.717) is 56.4 Å². The molecule has 38 heavy (non-hydrogen) atoms. The van der Waals surface area contributed by atoms with Gasteiger partial charge in [-0.25, -0.2) is 4.39 Å². The average Bonchev–Trinajstić information content (AvgIpc) is 3.33. The molecule has 0 fully saturated rings. The molecular formula is C29H27FN4O3S. The van der Waals surface area contributed by atoms with Crippen LogP contribution in [0.15, 0.2) is 64.0 Å². The highest BCUT2D eigenvalue weighted by Gasteiger charge is 2.17. The molecule has 0 amide bonds. The van der Waals surface area contributed by atoms with Gasteiger partial charge in [-0.3, -0.25) is 4.79 Å². The molecule has 5 rings (SSSR count). The van der Waals surface area contributed by atoms with Crippen molar-refractivity contribution in [3.05, 3.63) is 93.3 Å². The summed E-state index contributed by atoms with van der Waals surface area (Å²) in [6.45, 7) is 9.23. The van der Waals surface area contributed by atoms with Gasteiger partial charge in [-0.2, -0.15) is 4.98 Å². The van der Waals surface area contributed by atoms with Crippen LogP contribution in [0.2, 0.25) is 0 Å². The Hall–Kier alpha value is -4.11. The van der Waals surface area contributed by atoms with Crippen molar-refractivity contribution in [2.24, 2.45) is 0 Å². The van der Waals surface area contributed by atoms with E-state index in [0.717, 1.165) is 17.1 Å². The van der Waals surface area contributed by atoms with Gasteiger partial charge in [-0.1, -0.05) is 24.0 Å². The van der Waals surface area contributed by atoms with Crippen molar-refractivity contribution in [2.45, 2.75) is 34.6 Å². The summed E-state index contributed by atoms with van der Waals surface area (Å²) >= 11 is 1.58. The monoisotopic (exact) mass is 530 g/mol. The third-order valence-electron chi connectivity index (χ3n) is 6.15. The molecule has 2 heterocycles. The number of rotatable bonds is 7. The number of hydrogen-bond acceptors (Lipinski definition) is 7. The van der Waals surface area contributed by atoms with Crippen molar-refractivity contribution in [1.82, 2.24) is 14.7 Å². The second-order valence-corrected chi connectivity index (χ2v) is 10.1. The van der Waals surface area contributed by atoms with Crippen LogP contribution in [0.4, 0.5) is 10.1 Å². The second-order valence-electron chi connectivity index (χ2n) is 9.08. The van der Waals surface area contributed by atoms with Crippen LogP contribution in [-0.4, -0.2) is 20.5 Å². The molecule has 0 unspecified atom stereocenters. The lowest BCUT2D eigenvalue weighted by Crippen LogP contribution is -2.12. The van der Waals surface area contributed by atoms with Gasteiger partial charge < -0.3 is 18.5 Å². The number of hydrogen-bond donors (Lipinski definition) is 1. The summed E-state index contributed by atoms with van der Waals surface area (Å²) in [6, 6.07) is 14.2. The van der Waals surface area contributed by atoms with Gasteiger partial charge >= 0.3 is 0 Å². The number of anilines is 1. The summed E-state index contributed by atoms with van der Waals surface area (Å²) in [7, 11) is 0. The lowest BCUT2D eigenvalue weighted by molar-refractivity contribution is 0.425. The normalized spacial score (nSPS) is 11.2. The first-order valence-corrected chi connectivity index (χ1v) is 13.2. The zero-order valence-corrected chi connectivity index (χ0v) is 22.6. The quantitative estimate of drug-likeness (QED) is 0.221. The fourth-order valence-corrected chi connectivity index (χ4v) is 4.83. The van der Waals surface area contributed by atoms with Crippen LogP contribution in [-0.2, 0) is 0 Å². The predicted molar refractivity (Wildman–Crippen MR) is 150 cm³/mol. The van der Waals surface area contributed by atoms with Crippen molar-refractivity contribution < 1.29 is 13.7 Å². The standard InChI is InChI=1S/C29H27FN4O3S/c1-6-38-33-22-8-10-26(36-28-16(2)11-21(30)12-17(28)3)25(14-22)34-15-18(4)27(35)23-13-20(7-9-24(23)34)29-31-19(5)32-37-29/h7-15,33H,6H2,1-5H3. The Morgan fingerprint density at radius 3 is 2.47 bits per heavy atom. The highest BCUT2D eigenvalue weighted by atomic mass is 32.2. The molecule has 7 nitrogen and oxygen atoms in total. The van der Waals surface area contributed by atoms with Crippen LogP contribution >= 0.6 is 11.9 Å². The summed E-state index contributed by atoms with van der Waals surface area (Å²) in [5, 5.41) is 4.38. The summed E-state index contributed by atoms with van der Waals surface area (Å²) in [6.07, 6.45) is 1.81. The van der Waals surface area contributed by atoms with Gasteiger partial charge in [0.15, 0.2) is 17.0 Å². The lowest BCUT2D eigenvalue weighted by Gasteiger charge is -2.20. The van der Waals surface area contributed by atoms with Gasteiger partial charge in [-0.15, -0.1) is 0 Å². The van der Waals surface area contributed by atoms with Gasteiger partial charge in [-0.05, 0) is 87.4 Å². The number of aromatic nitrogens is 3. The molecule has 0 aliphatic heterocycles. The maximum absolute atomic E-state index is 14.0. The fraction of sp³-hybridized carbons (Fsp3) is 0.207. The van der Waals surface area contributed by atoms with Gasteiger partial charge in [0, 0.05) is 34.2 Å². The number of nitrogens with one attached hydrogen (secondary N) is 1. The van der Waals surface area contributed by atoms with Crippen LogP contribution in [0.1, 0.15) is 29.4 Å². The van der Waals surface area contributed by atoms with Crippen molar-refractivity contribution in [1.29, 1.82) is 0 Å². The van der Waals surface area contributed by atoms with E-state index >= 15 is 0 Å². The molecule has 0 saturated heterocycles. The first-order valence-electron chi connectivity index (χ1n) is 12.2. The fourth-order valence-electron chi connectivity index (χ4n) is 4.39. The number of nitrogens with zero attached hydrogens (tertiary/aromatic N) is 3.